The first-order valence-corrected chi connectivity index (χ1v) is 7.34. The first-order chi connectivity index (χ1) is 8.92. The van der Waals surface area contributed by atoms with Crippen molar-refractivity contribution >= 4 is 6.09 Å². The Bertz CT molecular complexity index is 268. The highest BCUT2D eigenvalue weighted by Gasteiger charge is 2.26. The summed E-state index contributed by atoms with van der Waals surface area (Å²) in [5.74, 6) is 0. The van der Waals surface area contributed by atoms with Crippen LogP contribution in [-0.4, -0.2) is 48.8 Å². The molecule has 1 aliphatic heterocycles. The number of carbonyl (C=O) groups excluding carboxylic acids is 1. The number of hydrogen-bond donors (Lipinski definition) is 2. The Morgan fingerprint density at radius 2 is 1.95 bits per heavy atom. The molecule has 1 fully saturated rings. The molecule has 0 saturated carbocycles. The second kappa shape index (κ2) is 7.70. The van der Waals surface area contributed by atoms with Crippen molar-refractivity contribution in [2.75, 3.05) is 26.2 Å². The summed E-state index contributed by atoms with van der Waals surface area (Å²) < 4.78 is 5.38. The summed E-state index contributed by atoms with van der Waals surface area (Å²) in [6, 6.07) is 0.525. The van der Waals surface area contributed by atoms with Gasteiger partial charge in [-0.15, -0.1) is 0 Å². The molecule has 1 rings (SSSR count). The van der Waals surface area contributed by atoms with Crippen LogP contribution in [0.25, 0.3) is 0 Å². The quantitative estimate of drug-likeness (QED) is 0.747. The summed E-state index contributed by atoms with van der Waals surface area (Å²) in [5, 5.41) is 3.53. The largest absolute Gasteiger partial charge is 0.444 e. The van der Waals surface area contributed by atoms with Gasteiger partial charge in [-0.25, -0.2) is 4.79 Å². The fourth-order valence-electron chi connectivity index (χ4n) is 2.17. The number of amides is 1. The predicted molar refractivity (Wildman–Crippen MR) is 77.1 cm³/mol. The van der Waals surface area contributed by atoms with Crippen molar-refractivity contribution < 1.29 is 9.53 Å². The van der Waals surface area contributed by atoms with Gasteiger partial charge in [0.05, 0.1) is 0 Å². The molecule has 3 N–H and O–H groups in total. The molecule has 0 aromatic heterocycles. The van der Waals surface area contributed by atoms with Gasteiger partial charge in [-0.1, -0.05) is 0 Å². The zero-order valence-corrected chi connectivity index (χ0v) is 12.6. The Morgan fingerprint density at radius 1 is 1.32 bits per heavy atom. The molecular formula is C14H29N3O2. The highest BCUT2D eigenvalue weighted by atomic mass is 16.6. The molecule has 0 aromatic rings. The molecular weight excluding hydrogens is 242 g/mol. The Hall–Kier alpha value is -0.810. The normalized spacial score (nSPS) is 17.6. The van der Waals surface area contributed by atoms with Gasteiger partial charge in [0.1, 0.15) is 5.60 Å². The van der Waals surface area contributed by atoms with Crippen LogP contribution in [0.5, 0.6) is 0 Å². The molecule has 0 aromatic carbocycles. The molecule has 1 saturated heterocycles. The van der Waals surface area contributed by atoms with E-state index in [1.807, 2.05) is 25.7 Å². The number of piperidine rings is 1. The van der Waals surface area contributed by atoms with Crippen LogP contribution in [-0.2, 0) is 4.74 Å². The topological polar surface area (TPSA) is 67.6 Å². The average Bonchev–Trinajstić information content (AvgIpc) is 2.33. The zero-order valence-electron chi connectivity index (χ0n) is 12.6. The Labute approximate surface area is 116 Å². The second-order valence-corrected chi connectivity index (χ2v) is 6.19. The van der Waals surface area contributed by atoms with Crippen molar-refractivity contribution in [3.63, 3.8) is 0 Å². The van der Waals surface area contributed by atoms with E-state index < -0.39 is 5.60 Å². The maximum atomic E-state index is 11.9. The SMILES string of the molecule is CC(C)(C)OC(=O)N1CCC(NCCCCN)CC1. The minimum absolute atomic E-state index is 0.186. The third-order valence-electron chi connectivity index (χ3n) is 3.21. The Morgan fingerprint density at radius 3 is 2.47 bits per heavy atom. The van der Waals surface area contributed by atoms with E-state index in [0.717, 1.165) is 51.9 Å². The molecule has 0 radical (unpaired) electrons. The van der Waals surface area contributed by atoms with Crippen LogP contribution in [0.4, 0.5) is 4.79 Å². The average molecular weight is 271 g/mol. The number of likely N-dealkylation sites (tertiary alicyclic amines) is 1. The summed E-state index contributed by atoms with van der Waals surface area (Å²) in [5.41, 5.74) is 5.06. The summed E-state index contributed by atoms with van der Waals surface area (Å²) >= 11 is 0. The van der Waals surface area contributed by atoms with E-state index in [0.29, 0.717) is 6.04 Å². The molecule has 19 heavy (non-hydrogen) atoms. The van der Waals surface area contributed by atoms with Crippen molar-refractivity contribution in [2.24, 2.45) is 5.73 Å². The number of nitrogens with zero attached hydrogens (tertiary/aromatic N) is 1. The van der Waals surface area contributed by atoms with Crippen molar-refractivity contribution in [3.8, 4) is 0 Å². The molecule has 0 bridgehead atoms. The Balaban J connectivity index is 2.19. The fourth-order valence-corrected chi connectivity index (χ4v) is 2.17. The second-order valence-electron chi connectivity index (χ2n) is 6.19. The zero-order chi connectivity index (χ0) is 14.3. The van der Waals surface area contributed by atoms with Gasteiger partial charge in [0.15, 0.2) is 0 Å². The molecule has 0 unspecified atom stereocenters. The summed E-state index contributed by atoms with van der Waals surface area (Å²) in [4.78, 5) is 13.7. The number of nitrogens with two attached hydrogens (primary N) is 1. The molecule has 0 atom stereocenters. The van der Waals surface area contributed by atoms with E-state index >= 15 is 0 Å². The first kappa shape index (κ1) is 16.2. The first-order valence-electron chi connectivity index (χ1n) is 7.34. The third-order valence-corrected chi connectivity index (χ3v) is 3.21. The third kappa shape index (κ3) is 6.78. The highest BCUT2D eigenvalue weighted by molar-refractivity contribution is 5.68. The lowest BCUT2D eigenvalue weighted by Gasteiger charge is -2.33. The van der Waals surface area contributed by atoms with E-state index in [1.165, 1.54) is 0 Å². The lowest BCUT2D eigenvalue weighted by Crippen LogP contribution is -2.46. The van der Waals surface area contributed by atoms with Crippen LogP contribution in [0.15, 0.2) is 0 Å². The van der Waals surface area contributed by atoms with Gasteiger partial charge >= 0.3 is 6.09 Å². The lowest BCUT2D eigenvalue weighted by atomic mass is 10.1. The molecule has 0 spiro atoms. The summed E-state index contributed by atoms with van der Waals surface area (Å²) in [6.07, 6.45) is 4.02. The number of hydrogen-bond acceptors (Lipinski definition) is 4. The molecule has 5 heteroatoms. The van der Waals surface area contributed by atoms with E-state index in [2.05, 4.69) is 5.32 Å². The number of rotatable bonds is 5. The number of ether oxygens (including phenoxy) is 1. The molecule has 0 aliphatic carbocycles. The molecule has 1 amide bonds. The van der Waals surface area contributed by atoms with Crippen molar-refractivity contribution in [2.45, 2.75) is 58.1 Å². The maximum absolute atomic E-state index is 11.9. The van der Waals surface area contributed by atoms with Gasteiger partial charge in [-0.05, 0) is 59.5 Å². The summed E-state index contributed by atoms with van der Waals surface area (Å²) in [6.45, 7) is 9.05. The Kier molecular flexibility index (Phi) is 6.58. The van der Waals surface area contributed by atoms with Crippen molar-refractivity contribution in [3.05, 3.63) is 0 Å². The van der Waals surface area contributed by atoms with Gasteiger partial charge in [0.25, 0.3) is 0 Å². The minimum Gasteiger partial charge on any atom is -0.444 e. The number of nitrogens with one attached hydrogen (secondary N) is 1. The maximum Gasteiger partial charge on any atom is 0.410 e. The van der Waals surface area contributed by atoms with Crippen LogP contribution in [0.3, 0.4) is 0 Å². The van der Waals surface area contributed by atoms with Crippen LogP contribution in [0.2, 0.25) is 0 Å². The van der Waals surface area contributed by atoms with Gasteiger partial charge in [0, 0.05) is 19.1 Å². The molecule has 1 aliphatic rings. The highest BCUT2D eigenvalue weighted by Crippen LogP contribution is 2.15. The van der Waals surface area contributed by atoms with Crippen molar-refractivity contribution in [1.82, 2.24) is 10.2 Å². The lowest BCUT2D eigenvalue weighted by molar-refractivity contribution is 0.0198. The van der Waals surface area contributed by atoms with Crippen LogP contribution >= 0.6 is 0 Å². The number of unbranched alkanes of at least 4 members (excludes halogenated alkanes) is 1. The number of carbonyl (C=O) groups is 1. The van der Waals surface area contributed by atoms with E-state index in [4.69, 9.17) is 10.5 Å². The minimum atomic E-state index is -0.408. The van der Waals surface area contributed by atoms with Crippen LogP contribution in [0.1, 0.15) is 46.5 Å². The smallest absolute Gasteiger partial charge is 0.410 e. The summed E-state index contributed by atoms with van der Waals surface area (Å²) in [7, 11) is 0. The van der Waals surface area contributed by atoms with Gasteiger partial charge in [-0.3, -0.25) is 0 Å². The van der Waals surface area contributed by atoms with Crippen LogP contribution in [0, 0.1) is 0 Å². The fraction of sp³-hybridized carbons (Fsp3) is 0.929. The van der Waals surface area contributed by atoms with Crippen LogP contribution < -0.4 is 11.1 Å². The molecule has 1 heterocycles. The standard InChI is InChI=1S/C14H29N3O2/c1-14(2,3)19-13(18)17-10-6-12(7-11-17)16-9-5-4-8-15/h12,16H,4-11,15H2,1-3H3. The monoisotopic (exact) mass is 271 g/mol. The van der Waals surface area contributed by atoms with E-state index in [1.54, 1.807) is 0 Å². The van der Waals surface area contributed by atoms with Gasteiger partial charge < -0.3 is 20.7 Å². The molecule has 5 nitrogen and oxygen atoms in total. The van der Waals surface area contributed by atoms with E-state index in [9.17, 15) is 4.79 Å². The van der Waals surface area contributed by atoms with Gasteiger partial charge in [0.2, 0.25) is 0 Å². The van der Waals surface area contributed by atoms with Gasteiger partial charge in [-0.2, -0.15) is 0 Å². The predicted octanol–water partition coefficient (Wildman–Crippen LogP) is 1.71. The van der Waals surface area contributed by atoms with E-state index in [-0.39, 0.29) is 6.09 Å². The van der Waals surface area contributed by atoms with Crippen molar-refractivity contribution in [1.29, 1.82) is 0 Å². The molecule has 112 valence electrons.